The summed E-state index contributed by atoms with van der Waals surface area (Å²) in [6, 6.07) is 7.32. The van der Waals surface area contributed by atoms with Crippen LogP contribution in [0.3, 0.4) is 0 Å². The third-order valence-corrected chi connectivity index (χ3v) is 3.34. The Bertz CT molecular complexity index is 423. The molecule has 0 aliphatic rings. The number of hydrogen-bond acceptors (Lipinski definition) is 1. The highest BCUT2D eigenvalue weighted by Gasteiger charge is 2.08. The van der Waals surface area contributed by atoms with E-state index in [9.17, 15) is 0 Å². The number of hydrogen-bond donors (Lipinski definition) is 1. The van der Waals surface area contributed by atoms with Crippen LogP contribution in [0.15, 0.2) is 18.2 Å². The zero-order valence-electron chi connectivity index (χ0n) is 12.1. The molecule has 0 aliphatic carbocycles. The lowest BCUT2D eigenvalue weighted by atomic mass is 9.98. The maximum absolute atomic E-state index is 3.56. The van der Waals surface area contributed by atoms with Crippen LogP contribution in [0.4, 0.5) is 0 Å². The lowest BCUT2D eigenvalue weighted by Crippen LogP contribution is -2.30. The summed E-state index contributed by atoms with van der Waals surface area (Å²) in [5.41, 5.74) is 4.18. The fourth-order valence-electron chi connectivity index (χ4n) is 2.15. The number of likely N-dealkylation sites (N-methyl/N-ethyl adjacent to an activating group) is 1. The molecule has 98 valence electrons. The van der Waals surface area contributed by atoms with Gasteiger partial charge in [0.05, 0.1) is 0 Å². The van der Waals surface area contributed by atoms with Gasteiger partial charge >= 0.3 is 0 Å². The van der Waals surface area contributed by atoms with Gasteiger partial charge in [-0.3, -0.25) is 0 Å². The second kappa shape index (κ2) is 7.95. The molecule has 0 amide bonds. The van der Waals surface area contributed by atoms with E-state index in [1.54, 1.807) is 0 Å². The normalized spacial score (nSPS) is 11.8. The Balaban J connectivity index is 2.62. The molecule has 0 saturated carbocycles. The average Bonchev–Trinajstić information content (AvgIpc) is 2.34. The zero-order chi connectivity index (χ0) is 13.4. The summed E-state index contributed by atoms with van der Waals surface area (Å²) < 4.78 is 0. The van der Waals surface area contributed by atoms with Gasteiger partial charge in [0.2, 0.25) is 0 Å². The molecule has 0 aliphatic heterocycles. The van der Waals surface area contributed by atoms with E-state index in [0.717, 1.165) is 25.8 Å². The molecule has 1 aromatic carbocycles. The summed E-state index contributed by atoms with van der Waals surface area (Å²) in [4.78, 5) is 0. The molecule has 1 unspecified atom stereocenters. The van der Waals surface area contributed by atoms with Crippen molar-refractivity contribution in [1.82, 2.24) is 5.32 Å². The standard InChI is InChI=1S/C17H25N/c1-5-7-8-9-17(18-6-2)13-16-11-10-14(3)15(4)12-16/h10-12,17-18H,6,8-9,13H2,1-4H3. The van der Waals surface area contributed by atoms with Gasteiger partial charge in [-0.1, -0.05) is 25.1 Å². The first-order valence-electron chi connectivity index (χ1n) is 6.86. The molecule has 0 fully saturated rings. The second-order valence-electron chi connectivity index (χ2n) is 4.84. The summed E-state index contributed by atoms with van der Waals surface area (Å²) >= 11 is 0. The molecule has 0 spiro atoms. The highest BCUT2D eigenvalue weighted by Crippen LogP contribution is 2.13. The largest absolute Gasteiger partial charge is 0.314 e. The van der Waals surface area contributed by atoms with E-state index in [-0.39, 0.29) is 0 Å². The van der Waals surface area contributed by atoms with Crippen molar-refractivity contribution in [2.24, 2.45) is 0 Å². The van der Waals surface area contributed by atoms with Gasteiger partial charge in [-0.2, -0.15) is 0 Å². The van der Waals surface area contributed by atoms with Crippen LogP contribution >= 0.6 is 0 Å². The predicted molar refractivity (Wildman–Crippen MR) is 79.8 cm³/mol. The summed E-state index contributed by atoms with van der Waals surface area (Å²) in [7, 11) is 0. The van der Waals surface area contributed by atoms with E-state index >= 15 is 0 Å². The molecule has 1 rings (SSSR count). The molecule has 1 nitrogen and oxygen atoms in total. The van der Waals surface area contributed by atoms with Crippen molar-refractivity contribution in [2.45, 2.75) is 53.0 Å². The number of aryl methyl sites for hydroxylation is 2. The fraction of sp³-hybridized carbons (Fsp3) is 0.529. The summed E-state index contributed by atoms with van der Waals surface area (Å²) in [5.74, 6) is 6.12. The van der Waals surface area contributed by atoms with Gasteiger partial charge in [0.25, 0.3) is 0 Å². The van der Waals surface area contributed by atoms with Crippen molar-refractivity contribution in [2.75, 3.05) is 6.54 Å². The van der Waals surface area contributed by atoms with Crippen molar-refractivity contribution in [3.05, 3.63) is 34.9 Å². The van der Waals surface area contributed by atoms with Gasteiger partial charge in [-0.25, -0.2) is 0 Å². The molecular weight excluding hydrogens is 218 g/mol. The highest BCUT2D eigenvalue weighted by atomic mass is 14.9. The molecule has 1 heteroatoms. The lowest BCUT2D eigenvalue weighted by molar-refractivity contribution is 0.497. The van der Waals surface area contributed by atoms with Crippen molar-refractivity contribution >= 4 is 0 Å². The minimum atomic E-state index is 0.540. The van der Waals surface area contributed by atoms with E-state index < -0.39 is 0 Å². The molecule has 0 saturated heterocycles. The smallest absolute Gasteiger partial charge is 0.0116 e. The average molecular weight is 243 g/mol. The van der Waals surface area contributed by atoms with Crippen LogP contribution in [0.25, 0.3) is 0 Å². The molecule has 0 bridgehead atoms. The minimum Gasteiger partial charge on any atom is -0.314 e. The lowest BCUT2D eigenvalue weighted by Gasteiger charge is -2.17. The van der Waals surface area contributed by atoms with Crippen molar-refractivity contribution < 1.29 is 0 Å². The molecule has 0 heterocycles. The van der Waals surface area contributed by atoms with Gasteiger partial charge in [-0.05, 0) is 56.8 Å². The Morgan fingerprint density at radius 3 is 2.61 bits per heavy atom. The van der Waals surface area contributed by atoms with Gasteiger partial charge in [0.1, 0.15) is 0 Å². The fourth-order valence-corrected chi connectivity index (χ4v) is 2.15. The van der Waals surface area contributed by atoms with Gasteiger partial charge < -0.3 is 5.32 Å². The molecule has 1 N–H and O–H groups in total. The van der Waals surface area contributed by atoms with Crippen molar-refractivity contribution in [3.63, 3.8) is 0 Å². The van der Waals surface area contributed by atoms with E-state index in [1.807, 2.05) is 6.92 Å². The quantitative estimate of drug-likeness (QED) is 0.752. The number of benzene rings is 1. The highest BCUT2D eigenvalue weighted by molar-refractivity contribution is 5.30. The summed E-state index contributed by atoms with van der Waals surface area (Å²) in [6.07, 6.45) is 3.21. The van der Waals surface area contributed by atoms with Crippen LogP contribution in [0, 0.1) is 25.7 Å². The molecule has 0 radical (unpaired) electrons. The van der Waals surface area contributed by atoms with E-state index in [0.29, 0.717) is 6.04 Å². The molecular formula is C17H25N. The first kappa shape index (κ1) is 14.8. The van der Waals surface area contributed by atoms with Crippen molar-refractivity contribution in [3.8, 4) is 11.8 Å². The Morgan fingerprint density at radius 2 is 2.00 bits per heavy atom. The topological polar surface area (TPSA) is 12.0 Å². The predicted octanol–water partition coefficient (Wildman–Crippen LogP) is 3.63. The molecule has 1 aromatic rings. The Morgan fingerprint density at radius 1 is 1.22 bits per heavy atom. The van der Waals surface area contributed by atoms with Crippen LogP contribution in [0.1, 0.15) is 43.4 Å². The number of rotatable bonds is 6. The second-order valence-corrected chi connectivity index (χ2v) is 4.84. The van der Waals surface area contributed by atoms with E-state index in [4.69, 9.17) is 0 Å². The Hall–Kier alpha value is -1.26. The maximum Gasteiger partial charge on any atom is 0.0116 e. The summed E-state index contributed by atoms with van der Waals surface area (Å²) in [5, 5.41) is 3.56. The summed E-state index contributed by atoms with van der Waals surface area (Å²) in [6.45, 7) is 9.45. The van der Waals surface area contributed by atoms with Gasteiger partial charge in [0.15, 0.2) is 0 Å². The zero-order valence-corrected chi connectivity index (χ0v) is 12.1. The molecule has 18 heavy (non-hydrogen) atoms. The third kappa shape index (κ3) is 4.94. The SMILES string of the molecule is CC#CCCC(Cc1ccc(C)c(C)c1)NCC. The van der Waals surface area contributed by atoms with Crippen molar-refractivity contribution in [1.29, 1.82) is 0 Å². The third-order valence-electron chi connectivity index (χ3n) is 3.34. The van der Waals surface area contributed by atoms with E-state index in [2.05, 4.69) is 56.1 Å². The maximum atomic E-state index is 3.56. The molecule has 0 aromatic heterocycles. The Labute approximate surface area is 112 Å². The minimum absolute atomic E-state index is 0.540. The van der Waals surface area contributed by atoms with Gasteiger partial charge in [-0.15, -0.1) is 11.8 Å². The monoisotopic (exact) mass is 243 g/mol. The van der Waals surface area contributed by atoms with Crippen LogP contribution in [-0.2, 0) is 6.42 Å². The van der Waals surface area contributed by atoms with Crippen LogP contribution in [0.5, 0.6) is 0 Å². The number of nitrogens with one attached hydrogen (secondary N) is 1. The Kier molecular flexibility index (Phi) is 6.54. The first-order valence-corrected chi connectivity index (χ1v) is 6.86. The first-order chi connectivity index (χ1) is 8.67. The van der Waals surface area contributed by atoms with Gasteiger partial charge in [0, 0.05) is 12.5 Å². The van der Waals surface area contributed by atoms with Crippen LogP contribution in [0.2, 0.25) is 0 Å². The molecule has 1 atom stereocenters. The van der Waals surface area contributed by atoms with Crippen LogP contribution in [-0.4, -0.2) is 12.6 Å². The van der Waals surface area contributed by atoms with E-state index in [1.165, 1.54) is 16.7 Å². The van der Waals surface area contributed by atoms with Crippen LogP contribution < -0.4 is 5.32 Å².